The largest absolute Gasteiger partial charge is 0.497 e. The standard InChI is InChI=1S/C17H15ClN2O4/c1-24-12-5-2-10(3-6-12)13-9-14(13)17(21)19-16-7-4-11(20(22)23)8-15(16)18/h2-8,13-14H,9H2,1H3,(H,19,21). The first-order chi connectivity index (χ1) is 11.5. The summed E-state index contributed by atoms with van der Waals surface area (Å²) >= 11 is 6.00. The van der Waals surface area contributed by atoms with Crippen molar-refractivity contribution in [1.82, 2.24) is 0 Å². The highest BCUT2D eigenvalue weighted by atomic mass is 35.5. The molecule has 124 valence electrons. The molecule has 2 atom stereocenters. The monoisotopic (exact) mass is 346 g/mol. The molecule has 24 heavy (non-hydrogen) atoms. The van der Waals surface area contributed by atoms with Crippen molar-refractivity contribution in [2.75, 3.05) is 12.4 Å². The Morgan fingerprint density at radius 1 is 1.29 bits per heavy atom. The number of rotatable bonds is 5. The average Bonchev–Trinajstić information content (AvgIpc) is 3.37. The maximum Gasteiger partial charge on any atom is 0.271 e. The van der Waals surface area contributed by atoms with Crippen molar-refractivity contribution in [3.8, 4) is 5.75 Å². The molecule has 0 heterocycles. The van der Waals surface area contributed by atoms with Crippen molar-refractivity contribution < 1.29 is 14.5 Å². The van der Waals surface area contributed by atoms with Gasteiger partial charge in [0.1, 0.15) is 5.75 Å². The second-order valence-electron chi connectivity index (χ2n) is 5.63. The molecule has 0 aliphatic heterocycles. The molecule has 1 aliphatic carbocycles. The summed E-state index contributed by atoms with van der Waals surface area (Å²) in [6.45, 7) is 0. The third-order valence-corrected chi connectivity index (χ3v) is 4.41. The van der Waals surface area contributed by atoms with E-state index in [1.807, 2.05) is 24.3 Å². The highest BCUT2D eigenvalue weighted by molar-refractivity contribution is 6.34. The van der Waals surface area contributed by atoms with E-state index in [0.717, 1.165) is 17.7 Å². The number of nitrogens with one attached hydrogen (secondary N) is 1. The number of nitrogens with zero attached hydrogens (tertiary/aromatic N) is 1. The summed E-state index contributed by atoms with van der Waals surface area (Å²) in [7, 11) is 1.61. The molecule has 1 saturated carbocycles. The third-order valence-electron chi connectivity index (χ3n) is 4.09. The fraction of sp³-hybridized carbons (Fsp3) is 0.235. The summed E-state index contributed by atoms with van der Waals surface area (Å²) < 4.78 is 5.12. The number of methoxy groups -OCH3 is 1. The highest BCUT2D eigenvalue weighted by Crippen LogP contribution is 2.48. The van der Waals surface area contributed by atoms with E-state index in [4.69, 9.17) is 16.3 Å². The Morgan fingerprint density at radius 2 is 2.00 bits per heavy atom. The number of nitro benzene ring substituents is 1. The van der Waals surface area contributed by atoms with Gasteiger partial charge in [-0.25, -0.2) is 0 Å². The van der Waals surface area contributed by atoms with Crippen LogP contribution in [0.4, 0.5) is 11.4 Å². The first-order valence-corrected chi connectivity index (χ1v) is 7.76. The van der Waals surface area contributed by atoms with Gasteiger partial charge >= 0.3 is 0 Å². The third kappa shape index (κ3) is 3.33. The van der Waals surface area contributed by atoms with Gasteiger partial charge in [-0.2, -0.15) is 0 Å². The smallest absolute Gasteiger partial charge is 0.271 e. The van der Waals surface area contributed by atoms with Crippen LogP contribution >= 0.6 is 11.6 Å². The van der Waals surface area contributed by atoms with Gasteiger partial charge in [-0.05, 0) is 36.1 Å². The summed E-state index contributed by atoms with van der Waals surface area (Å²) in [4.78, 5) is 22.5. The van der Waals surface area contributed by atoms with Gasteiger partial charge in [0.25, 0.3) is 5.69 Å². The van der Waals surface area contributed by atoms with E-state index >= 15 is 0 Å². The molecular weight excluding hydrogens is 332 g/mol. The lowest BCUT2D eigenvalue weighted by atomic mass is 10.1. The van der Waals surface area contributed by atoms with Crippen LogP contribution in [0.2, 0.25) is 5.02 Å². The molecule has 1 N–H and O–H groups in total. The normalized spacial score (nSPS) is 18.8. The number of hydrogen-bond donors (Lipinski definition) is 1. The van der Waals surface area contributed by atoms with Gasteiger partial charge in [-0.3, -0.25) is 14.9 Å². The van der Waals surface area contributed by atoms with Gasteiger partial charge < -0.3 is 10.1 Å². The number of hydrogen-bond acceptors (Lipinski definition) is 4. The zero-order valence-corrected chi connectivity index (χ0v) is 13.6. The summed E-state index contributed by atoms with van der Waals surface area (Å²) in [5, 5.41) is 13.6. The second kappa shape index (κ2) is 6.49. The molecule has 2 aromatic rings. The van der Waals surface area contributed by atoms with Crippen LogP contribution in [0.25, 0.3) is 0 Å². The van der Waals surface area contributed by atoms with Gasteiger partial charge in [-0.1, -0.05) is 23.7 Å². The zero-order valence-electron chi connectivity index (χ0n) is 12.9. The lowest BCUT2D eigenvalue weighted by Gasteiger charge is -2.07. The van der Waals surface area contributed by atoms with E-state index in [9.17, 15) is 14.9 Å². The number of benzene rings is 2. The number of ether oxygens (including phenoxy) is 1. The minimum absolute atomic E-state index is 0.111. The van der Waals surface area contributed by atoms with Gasteiger partial charge in [0.2, 0.25) is 5.91 Å². The lowest BCUT2D eigenvalue weighted by Crippen LogP contribution is -2.14. The van der Waals surface area contributed by atoms with Gasteiger partial charge in [-0.15, -0.1) is 0 Å². The fourth-order valence-electron chi connectivity index (χ4n) is 2.65. The molecule has 0 aromatic heterocycles. The van der Waals surface area contributed by atoms with Crippen molar-refractivity contribution in [1.29, 1.82) is 0 Å². The van der Waals surface area contributed by atoms with Crippen LogP contribution in [0.1, 0.15) is 17.9 Å². The number of carbonyl (C=O) groups excluding carboxylic acids is 1. The number of nitro groups is 1. The number of carbonyl (C=O) groups is 1. The van der Waals surface area contributed by atoms with Gasteiger partial charge in [0, 0.05) is 18.1 Å². The zero-order chi connectivity index (χ0) is 17.3. The van der Waals surface area contributed by atoms with Crippen LogP contribution in [0, 0.1) is 16.0 Å². The molecule has 2 aromatic carbocycles. The SMILES string of the molecule is COc1ccc(C2CC2C(=O)Nc2ccc([N+](=O)[O-])cc2Cl)cc1. The molecule has 0 radical (unpaired) electrons. The lowest BCUT2D eigenvalue weighted by molar-refractivity contribution is -0.384. The summed E-state index contributed by atoms with van der Waals surface area (Å²) in [5.74, 6) is 0.696. The van der Waals surface area contributed by atoms with E-state index in [1.165, 1.54) is 18.2 Å². The average molecular weight is 347 g/mol. The van der Waals surface area contributed by atoms with Crippen molar-refractivity contribution in [2.45, 2.75) is 12.3 Å². The Hall–Kier alpha value is -2.60. The van der Waals surface area contributed by atoms with Crippen molar-refractivity contribution >= 4 is 28.9 Å². The van der Waals surface area contributed by atoms with Crippen LogP contribution in [0.5, 0.6) is 5.75 Å². The predicted molar refractivity (Wildman–Crippen MR) is 90.6 cm³/mol. The predicted octanol–water partition coefficient (Wildman–Crippen LogP) is 4.00. The molecule has 2 unspecified atom stereocenters. The fourth-order valence-corrected chi connectivity index (χ4v) is 2.87. The summed E-state index contributed by atoms with van der Waals surface area (Å²) in [6, 6.07) is 11.6. The highest BCUT2D eigenvalue weighted by Gasteiger charge is 2.44. The second-order valence-corrected chi connectivity index (χ2v) is 6.04. The van der Waals surface area contributed by atoms with Crippen LogP contribution < -0.4 is 10.1 Å². The Morgan fingerprint density at radius 3 is 2.58 bits per heavy atom. The van der Waals surface area contributed by atoms with E-state index in [1.54, 1.807) is 7.11 Å². The summed E-state index contributed by atoms with van der Waals surface area (Å²) in [6.07, 6.45) is 0.767. The van der Waals surface area contributed by atoms with Gasteiger partial charge in [0.15, 0.2) is 0 Å². The molecule has 1 fully saturated rings. The van der Waals surface area contributed by atoms with Crippen molar-refractivity contribution in [2.24, 2.45) is 5.92 Å². The van der Waals surface area contributed by atoms with Crippen LogP contribution in [0.15, 0.2) is 42.5 Å². The number of amides is 1. The van der Waals surface area contributed by atoms with E-state index < -0.39 is 4.92 Å². The molecule has 7 heteroatoms. The Bertz CT molecular complexity index is 792. The quantitative estimate of drug-likeness (QED) is 0.655. The van der Waals surface area contributed by atoms with Gasteiger partial charge in [0.05, 0.1) is 22.7 Å². The van der Waals surface area contributed by atoms with Crippen LogP contribution in [-0.2, 0) is 4.79 Å². The summed E-state index contributed by atoms with van der Waals surface area (Å²) in [5.41, 5.74) is 1.36. The van der Waals surface area contributed by atoms with Crippen molar-refractivity contribution in [3.63, 3.8) is 0 Å². The minimum Gasteiger partial charge on any atom is -0.497 e. The first-order valence-electron chi connectivity index (χ1n) is 7.38. The molecular formula is C17H15ClN2O4. The molecule has 3 rings (SSSR count). The Balaban J connectivity index is 1.65. The van der Waals surface area contributed by atoms with Crippen molar-refractivity contribution in [3.05, 3.63) is 63.2 Å². The molecule has 6 nitrogen and oxygen atoms in total. The topological polar surface area (TPSA) is 81.5 Å². The molecule has 0 saturated heterocycles. The molecule has 1 aliphatic rings. The first kappa shape index (κ1) is 16.3. The number of non-ortho nitro benzene ring substituents is 1. The maximum absolute atomic E-state index is 12.3. The van der Waals surface area contributed by atoms with E-state index in [2.05, 4.69) is 5.32 Å². The van der Waals surface area contributed by atoms with E-state index in [-0.39, 0.29) is 28.5 Å². The number of halogens is 1. The molecule has 0 bridgehead atoms. The van der Waals surface area contributed by atoms with Crippen LogP contribution in [-0.4, -0.2) is 17.9 Å². The molecule has 1 amide bonds. The van der Waals surface area contributed by atoms with E-state index in [0.29, 0.717) is 5.69 Å². The minimum atomic E-state index is -0.530. The van der Waals surface area contributed by atoms with Crippen LogP contribution in [0.3, 0.4) is 0 Å². The Labute approximate surface area is 143 Å². The maximum atomic E-state index is 12.3. The number of anilines is 1. The Kier molecular flexibility index (Phi) is 4.40. The molecule has 0 spiro atoms.